The van der Waals surface area contributed by atoms with Crippen molar-refractivity contribution in [2.45, 2.75) is 32.5 Å². The molecule has 2 heteroatoms. The van der Waals surface area contributed by atoms with E-state index in [0.29, 0.717) is 12.2 Å². The number of halogens is 1. The second kappa shape index (κ2) is 6.05. The van der Waals surface area contributed by atoms with Crippen molar-refractivity contribution in [1.82, 2.24) is 0 Å². The summed E-state index contributed by atoms with van der Waals surface area (Å²) in [5, 5.41) is 0. The van der Waals surface area contributed by atoms with E-state index in [1.807, 2.05) is 25.1 Å². The van der Waals surface area contributed by atoms with Crippen molar-refractivity contribution in [3.63, 3.8) is 0 Å². The summed E-state index contributed by atoms with van der Waals surface area (Å²) in [4.78, 5) is 0. The first-order valence-corrected chi connectivity index (χ1v) is 6.67. The lowest BCUT2D eigenvalue weighted by molar-refractivity contribution is 0.627. The summed E-state index contributed by atoms with van der Waals surface area (Å²) in [5.74, 6) is 0.245. The highest BCUT2D eigenvalue weighted by Gasteiger charge is 2.07. The largest absolute Gasteiger partial charge is 0.207 e. The first-order chi connectivity index (χ1) is 9.10. The van der Waals surface area contributed by atoms with Crippen molar-refractivity contribution in [2.24, 2.45) is 0 Å². The van der Waals surface area contributed by atoms with Crippen molar-refractivity contribution < 1.29 is 4.39 Å². The van der Waals surface area contributed by atoms with Gasteiger partial charge < -0.3 is 0 Å². The number of hydrogen-bond donors (Lipinski definition) is 0. The molecule has 1 atom stereocenters. The molecule has 1 unspecified atom stereocenters. The molecule has 2 aromatic rings. The van der Waals surface area contributed by atoms with Crippen LogP contribution in [0.2, 0.25) is 6.32 Å². The van der Waals surface area contributed by atoms with Crippen molar-refractivity contribution in [1.29, 1.82) is 0 Å². The fourth-order valence-electron chi connectivity index (χ4n) is 2.34. The van der Waals surface area contributed by atoms with Crippen LogP contribution in [0.15, 0.2) is 42.5 Å². The standard InChI is InChI=1S/C17H18BF/c1-12-8-16(11-17(19)9-12)15-5-3-4-14(10-15)13(2)6-7-18/h3-5,8-11,13H,6-7H2,1-2H3. The molecular weight excluding hydrogens is 234 g/mol. The molecule has 0 aliphatic carbocycles. The molecule has 2 aromatic carbocycles. The van der Waals surface area contributed by atoms with Gasteiger partial charge in [0.1, 0.15) is 5.82 Å². The van der Waals surface area contributed by atoms with Crippen LogP contribution in [0.5, 0.6) is 0 Å². The molecule has 0 saturated carbocycles. The lowest BCUT2D eigenvalue weighted by atomic mass is 9.88. The highest BCUT2D eigenvalue weighted by atomic mass is 19.1. The van der Waals surface area contributed by atoms with Crippen LogP contribution >= 0.6 is 0 Å². The average molecular weight is 252 g/mol. The van der Waals surface area contributed by atoms with Crippen LogP contribution in [0.25, 0.3) is 11.1 Å². The van der Waals surface area contributed by atoms with Gasteiger partial charge in [-0.25, -0.2) is 4.39 Å². The molecule has 0 amide bonds. The topological polar surface area (TPSA) is 0 Å². The Kier molecular flexibility index (Phi) is 4.41. The van der Waals surface area contributed by atoms with E-state index in [9.17, 15) is 4.39 Å². The van der Waals surface area contributed by atoms with Gasteiger partial charge in [0.05, 0.1) is 7.85 Å². The molecule has 0 aliphatic rings. The number of hydrogen-bond acceptors (Lipinski definition) is 0. The normalized spacial score (nSPS) is 12.4. The van der Waals surface area contributed by atoms with Gasteiger partial charge in [0.15, 0.2) is 0 Å². The molecule has 19 heavy (non-hydrogen) atoms. The molecule has 0 aromatic heterocycles. The van der Waals surface area contributed by atoms with Gasteiger partial charge in [-0.3, -0.25) is 0 Å². The monoisotopic (exact) mass is 252 g/mol. The molecule has 2 rings (SSSR count). The maximum Gasteiger partial charge on any atom is 0.124 e. The summed E-state index contributed by atoms with van der Waals surface area (Å²) in [6.45, 7) is 4.08. The average Bonchev–Trinajstić information content (AvgIpc) is 2.38. The maximum absolute atomic E-state index is 13.5. The first kappa shape index (κ1) is 13.9. The summed E-state index contributed by atoms with van der Waals surface area (Å²) in [6.07, 6.45) is 1.65. The van der Waals surface area contributed by atoms with Crippen molar-refractivity contribution >= 4 is 7.85 Å². The van der Waals surface area contributed by atoms with Gasteiger partial charge in [-0.15, -0.1) is 0 Å². The summed E-state index contributed by atoms with van der Waals surface area (Å²) in [7, 11) is 5.61. The second-order valence-corrected chi connectivity index (χ2v) is 5.12. The van der Waals surface area contributed by atoms with E-state index in [1.165, 1.54) is 5.56 Å². The SMILES string of the molecule is [B]CCC(C)c1cccc(-c2cc(C)cc(F)c2)c1. The van der Waals surface area contributed by atoms with Gasteiger partial charge in [0, 0.05) is 0 Å². The molecule has 96 valence electrons. The predicted octanol–water partition coefficient (Wildman–Crippen LogP) is 4.88. The number of benzene rings is 2. The number of rotatable bonds is 4. The molecule has 0 N–H and O–H groups in total. The Bertz CT molecular complexity index is 543. The minimum Gasteiger partial charge on any atom is -0.207 e. The third-order valence-electron chi connectivity index (χ3n) is 3.43. The van der Waals surface area contributed by atoms with Gasteiger partial charge in [-0.2, -0.15) is 0 Å². The van der Waals surface area contributed by atoms with E-state index in [4.69, 9.17) is 7.85 Å². The zero-order chi connectivity index (χ0) is 13.8. The third kappa shape index (κ3) is 3.47. The van der Waals surface area contributed by atoms with Gasteiger partial charge in [0.2, 0.25) is 0 Å². The molecule has 0 fully saturated rings. The molecule has 0 bridgehead atoms. The molecule has 0 heterocycles. The Hall–Kier alpha value is -1.57. The van der Waals surface area contributed by atoms with Crippen LogP contribution in [0, 0.1) is 12.7 Å². The Labute approximate surface area is 116 Å². The van der Waals surface area contributed by atoms with Crippen LogP contribution in [-0.2, 0) is 0 Å². The van der Waals surface area contributed by atoms with E-state index >= 15 is 0 Å². The minimum atomic E-state index is -0.185. The minimum absolute atomic E-state index is 0.185. The second-order valence-electron chi connectivity index (χ2n) is 5.12. The molecule has 0 aliphatic heterocycles. The van der Waals surface area contributed by atoms with E-state index < -0.39 is 0 Å². The molecule has 0 saturated heterocycles. The van der Waals surface area contributed by atoms with Gasteiger partial charge >= 0.3 is 0 Å². The summed E-state index contributed by atoms with van der Waals surface area (Å²) in [5.41, 5.74) is 4.18. The van der Waals surface area contributed by atoms with Crippen LogP contribution in [0.4, 0.5) is 4.39 Å². The Morgan fingerprint density at radius 3 is 2.58 bits per heavy atom. The lowest BCUT2D eigenvalue weighted by Crippen LogP contribution is -1.94. The quantitative estimate of drug-likeness (QED) is 0.680. The summed E-state index contributed by atoms with van der Waals surface area (Å²) < 4.78 is 13.5. The van der Waals surface area contributed by atoms with Crippen LogP contribution in [-0.4, -0.2) is 7.85 Å². The van der Waals surface area contributed by atoms with Gasteiger partial charge in [-0.1, -0.05) is 50.0 Å². The Morgan fingerprint density at radius 2 is 1.89 bits per heavy atom. The van der Waals surface area contributed by atoms with Crippen molar-refractivity contribution in [2.75, 3.05) is 0 Å². The maximum atomic E-state index is 13.5. The van der Waals surface area contributed by atoms with Gasteiger partial charge in [-0.05, 0) is 47.2 Å². The lowest BCUT2D eigenvalue weighted by Gasteiger charge is -2.12. The van der Waals surface area contributed by atoms with Crippen molar-refractivity contribution in [3.05, 3.63) is 59.4 Å². The van der Waals surface area contributed by atoms with Crippen LogP contribution in [0.3, 0.4) is 0 Å². The van der Waals surface area contributed by atoms with E-state index in [2.05, 4.69) is 19.1 Å². The molecule has 0 nitrogen and oxygen atoms in total. The van der Waals surface area contributed by atoms with E-state index in [0.717, 1.165) is 23.1 Å². The molecular formula is C17H18BF. The Balaban J connectivity index is 2.37. The van der Waals surface area contributed by atoms with E-state index in [-0.39, 0.29) is 5.82 Å². The third-order valence-corrected chi connectivity index (χ3v) is 3.43. The first-order valence-electron chi connectivity index (χ1n) is 6.67. The smallest absolute Gasteiger partial charge is 0.124 e. The predicted molar refractivity (Wildman–Crippen MR) is 80.2 cm³/mol. The molecule has 2 radical (unpaired) electrons. The fourth-order valence-corrected chi connectivity index (χ4v) is 2.34. The molecule has 0 spiro atoms. The summed E-state index contributed by atoms with van der Waals surface area (Å²) >= 11 is 0. The van der Waals surface area contributed by atoms with E-state index in [1.54, 1.807) is 12.1 Å². The van der Waals surface area contributed by atoms with Gasteiger partial charge in [0.25, 0.3) is 0 Å². The number of aryl methyl sites for hydroxylation is 1. The summed E-state index contributed by atoms with van der Waals surface area (Å²) in [6, 6.07) is 13.4. The Morgan fingerprint density at radius 1 is 1.11 bits per heavy atom. The zero-order valence-electron chi connectivity index (χ0n) is 11.5. The van der Waals surface area contributed by atoms with Crippen LogP contribution in [0.1, 0.15) is 30.4 Å². The fraction of sp³-hybridized carbons (Fsp3) is 0.294. The zero-order valence-corrected chi connectivity index (χ0v) is 11.5. The highest BCUT2D eigenvalue weighted by molar-refractivity contribution is 6.08. The van der Waals surface area contributed by atoms with Crippen LogP contribution < -0.4 is 0 Å². The van der Waals surface area contributed by atoms with Crippen molar-refractivity contribution in [3.8, 4) is 11.1 Å². The highest BCUT2D eigenvalue weighted by Crippen LogP contribution is 2.27.